The average molecular weight is 617 g/mol. The molecule has 0 aliphatic carbocycles. The maximum absolute atomic E-state index is 4.65. The zero-order chi connectivity index (χ0) is 23.3. The Hall–Kier alpha value is -3.03. The Morgan fingerprint density at radius 3 is 2.45 bits per heavy atom. The molecule has 172 valence electrons. The molecule has 0 fully saturated rings. The predicted molar refractivity (Wildman–Crippen MR) is 139 cm³/mol. The molecule has 4 heteroatoms. The summed E-state index contributed by atoms with van der Waals surface area (Å²) in [6, 6.07) is 21.7. The van der Waals surface area contributed by atoms with Gasteiger partial charge in [0.15, 0.2) is 0 Å². The number of benzene rings is 2. The van der Waals surface area contributed by atoms with E-state index in [0.29, 0.717) is 5.70 Å². The van der Waals surface area contributed by atoms with Crippen molar-refractivity contribution in [2.24, 2.45) is 4.99 Å². The number of aryl methyl sites for hydroxylation is 1. The smallest absolute Gasteiger partial charge is 0.365 e. The fourth-order valence-electron chi connectivity index (χ4n) is 2.97. The Kier molecular flexibility index (Phi) is 12.7. The summed E-state index contributed by atoms with van der Waals surface area (Å²) in [6.07, 6.45) is 11.8. The molecule has 0 amide bonds. The van der Waals surface area contributed by atoms with Crippen LogP contribution in [-0.2, 0) is 21.1 Å². The van der Waals surface area contributed by atoms with Gasteiger partial charge >= 0.3 is 21.1 Å². The van der Waals surface area contributed by atoms with Crippen LogP contribution in [0.4, 0.5) is 11.4 Å². The first-order valence-corrected chi connectivity index (χ1v) is 10.7. The van der Waals surface area contributed by atoms with Crippen LogP contribution in [0.25, 0.3) is 17.3 Å². The third-order valence-electron chi connectivity index (χ3n) is 4.73. The molecule has 33 heavy (non-hydrogen) atoms. The van der Waals surface area contributed by atoms with E-state index in [9.17, 15) is 0 Å². The zero-order valence-corrected chi connectivity index (χ0v) is 22.1. The molecule has 0 radical (unpaired) electrons. The van der Waals surface area contributed by atoms with Crippen molar-refractivity contribution in [3.63, 3.8) is 0 Å². The summed E-state index contributed by atoms with van der Waals surface area (Å²) in [5.41, 5.74) is 6.70. The van der Waals surface area contributed by atoms with E-state index in [0.717, 1.165) is 34.6 Å². The quantitative estimate of drug-likeness (QED) is 0.155. The van der Waals surface area contributed by atoms with Gasteiger partial charge in [0.1, 0.15) is 0 Å². The Labute approximate surface area is 213 Å². The van der Waals surface area contributed by atoms with Gasteiger partial charge in [-0.2, -0.15) is 6.58 Å². The molecule has 3 rings (SSSR count). The molecule has 0 N–H and O–H groups in total. The van der Waals surface area contributed by atoms with Gasteiger partial charge in [-0.25, -0.2) is 12.7 Å². The Bertz CT molecular complexity index is 1080. The van der Waals surface area contributed by atoms with E-state index in [1.54, 1.807) is 13.3 Å². The number of aromatic nitrogens is 1. The molecule has 0 saturated carbocycles. The van der Waals surface area contributed by atoms with Crippen LogP contribution in [0.2, 0.25) is 0 Å². The van der Waals surface area contributed by atoms with E-state index in [1.807, 2.05) is 66.6 Å². The van der Waals surface area contributed by atoms with Crippen LogP contribution in [-0.4, -0.2) is 18.2 Å². The summed E-state index contributed by atoms with van der Waals surface area (Å²) in [7, 11) is 1.75. The molecule has 0 aliphatic rings. The molecule has 1 aromatic heterocycles. The van der Waals surface area contributed by atoms with E-state index in [4.69, 9.17) is 0 Å². The van der Waals surface area contributed by atoms with Gasteiger partial charge < -0.3 is 14.9 Å². The fourth-order valence-corrected chi connectivity index (χ4v) is 2.97. The van der Waals surface area contributed by atoms with E-state index in [1.165, 1.54) is 5.56 Å². The summed E-state index contributed by atoms with van der Waals surface area (Å²) in [4.78, 5) is 10.2. The largest absolute Gasteiger partial charge is 2.00 e. The number of aliphatic imine (C=N–C) groups is 1. The molecule has 0 unspecified atom stereocenters. The van der Waals surface area contributed by atoms with Crippen molar-refractivity contribution in [3.05, 3.63) is 109 Å². The van der Waals surface area contributed by atoms with Gasteiger partial charge in [-0.15, -0.1) is 35.5 Å². The average Bonchev–Trinajstić information content (AvgIpc) is 2.84. The molecule has 0 bridgehead atoms. The second-order valence-corrected chi connectivity index (χ2v) is 7.00. The van der Waals surface area contributed by atoms with Gasteiger partial charge in [0.05, 0.1) is 0 Å². The Morgan fingerprint density at radius 1 is 1.18 bits per heavy atom. The van der Waals surface area contributed by atoms with Crippen LogP contribution in [0.1, 0.15) is 31.4 Å². The maximum atomic E-state index is 4.65. The predicted octanol–water partition coefficient (Wildman–Crippen LogP) is 7.63. The summed E-state index contributed by atoms with van der Waals surface area (Å²) in [6.45, 7) is 14.0. The van der Waals surface area contributed by atoms with Crippen molar-refractivity contribution in [1.82, 2.24) is 4.98 Å². The van der Waals surface area contributed by atoms with Gasteiger partial charge in [-0.1, -0.05) is 43.3 Å². The monoisotopic (exact) mass is 616 g/mol. The van der Waals surface area contributed by atoms with Crippen LogP contribution < -0.4 is 4.90 Å². The number of rotatable bonds is 7. The Morgan fingerprint density at radius 2 is 1.88 bits per heavy atom. The molecule has 3 aromatic rings. The summed E-state index contributed by atoms with van der Waals surface area (Å²) < 4.78 is 0. The van der Waals surface area contributed by atoms with E-state index in [-0.39, 0.29) is 21.1 Å². The minimum Gasteiger partial charge on any atom is -0.365 e. The number of hydrogen-bond acceptors (Lipinski definition) is 3. The fraction of sp³-hybridized carbons (Fsp3) is 0.172. The standard InChI is InChI=1S/C26H24N2.C3H7N.Pt/c1-5-7-12-23-19-27-26(17-20(23)3)22-13-11-16-25(18-22)28(21(4)6-2)24-14-9-8-10-15-24;1-3-4-2;/h7-17,19H,2,4-5H2,1,3H3;3H,1-2H3;/q-2;;+2/b12-7-;;. The van der Waals surface area contributed by atoms with Gasteiger partial charge in [0.2, 0.25) is 0 Å². The Balaban J connectivity index is 0.00000101. The second kappa shape index (κ2) is 14.9. The van der Waals surface area contributed by atoms with Gasteiger partial charge in [-0.3, -0.25) is 0 Å². The summed E-state index contributed by atoms with van der Waals surface area (Å²) in [5.74, 6) is 0. The second-order valence-electron chi connectivity index (χ2n) is 7.00. The number of nitrogens with zero attached hydrogens (tertiary/aromatic N) is 3. The molecule has 0 spiro atoms. The first-order chi connectivity index (χ1) is 15.5. The van der Waals surface area contributed by atoms with Crippen molar-refractivity contribution in [3.8, 4) is 11.3 Å². The molecule has 0 aliphatic heterocycles. The third-order valence-corrected chi connectivity index (χ3v) is 4.73. The van der Waals surface area contributed by atoms with Gasteiger partial charge in [0.25, 0.3) is 0 Å². The van der Waals surface area contributed by atoms with E-state index in [2.05, 4.69) is 67.3 Å². The molecule has 2 aromatic carbocycles. The molecule has 3 nitrogen and oxygen atoms in total. The molecule has 0 saturated heterocycles. The SMILES string of the molecule is C=[C-]C(=C)N(c1[c-]c(-c2cc(C)c(/C=C\CC)cn2)ccc1)c1ccccc1.CC=NC.[Pt+2]. The molecule has 0 atom stereocenters. The van der Waals surface area contributed by atoms with E-state index < -0.39 is 0 Å². The number of allylic oxidation sites excluding steroid dienone is 2. The van der Waals surface area contributed by atoms with Crippen LogP contribution in [0, 0.1) is 19.1 Å². The molecular formula is C29H31N3Pt. The zero-order valence-electron chi connectivity index (χ0n) is 19.8. The third kappa shape index (κ3) is 8.11. The van der Waals surface area contributed by atoms with Crippen molar-refractivity contribution < 1.29 is 21.1 Å². The van der Waals surface area contributed by atoms with Gasteiger partial charge in [0, 0.05) is 18.9 Å². The number of hydrogen-bond donors (Lipinski definition) is 0. The first-order valence-electron chi connectivity index (χ1n) is 10.7. The minimum atomic E-state index is 0. The number of pyridine rings is 1. The van der Waals surface area contributed by atoms with Crippen LogP contribution in [0.3, 0.4) is 0 Å². The van der Waals surface area contributed by atoms with Crippen LogP contribution >= 0.6 is 0 Å². The normalized spacial score (nSPS) is 10.3. The number of para-hydroxylation sites is 1. The van der Waals surface area contributed by atoms with Gasteiger partial charge in [-0.05, 0) is 61.1 Å². The van der Waals surface area contributed by atoms with Crippen molar-refractivity contribution in [2.45, 2.75) is 27.2 Å². The van der Waals surface area contributed by atoms with Crippen molar-refractivity contribution in [2.75, 3.05) is 11.9 Å². The first kappa shape index (κ1) is 28.0. The van der Waals surface area contributed by atoms with E-state index >= 15 is 0 Å². The van der Waals surface area contributed by atoms with Crippen LogP contribution in [0.5, 0.6) is 0 Å². The topological polar surface area (TPSA) is 28.5 Å². The minimum absolute atomic E-state index is 0. The van der Waals surface area contributed by atoms with Crippen LogP contribution in [0.15, 0.2) is 90.7 Å². The number of anilines is 2. The molecule has 1 heterocycles. The summed E-state index contributed by atoms with van der Waals surface area (Å²) in [5, 5.41) is 0. The summed E-state index contributed by atoms with van der Waals surface area (Å²) >= 11 is 0. The van der Waals surface area contributed by atoms with Crippen molar-refractivity contribution in [1.29, 1.82) is 0 Å². The maximum Gasteiger partial charge on any atom is 2.00 e. The molecular weight excluding hydrogens is 585 g/mol. The van der Waals surface area contributed by atoms with Crippen molar-refractivity contribution >= 4 is 23.7 Å².